The Labute approximate surface area is 150 Å². The molecule has 0 atom stereocenters. The van der Waals surface area contributed by atoms with Crippen LogP contribution in [0.15, 0.2) is 103 Å². The van der Waals surface area contributed by atoms with Gasteiger partial charge in [0.2, 0.25) is 0 Å². The molecule has 4 aromatic carbocycles. The first kappa shape index (κ1) is 15.5. The molecule has 0 nitrogen and oxygen atoms in total. The third kappa shape index (κ3) is 3.41. The van der Waals surface area contributed by atoms with E-state index in [1.165, 1.54) is 33.4 Å². The zero-order chi connectivity index (χ0) is 17.1. The summed E-state index contributed by atoms with van der Waals surface area (Å²) in [5.41, 5.74) is 8.10. The minimum absolute atomic E-state index is 0.791. The molecule has 1 heteroatoms. The molecule has 0 N–H and O–H groups in total. The van der Waals surface area contributed by atoms with Gasteiger partial charge in [-0.2, -0.15) is 0 Å². The first-order valence-electron chi connectivity index (χ1n) is 8.41. The summed E-state index contributed by atoms with van der Waals surface area (Å²) in [6, 6.07) is 35.8. The monoisotopic (exact) mass is 316 g/mol. The summed E-state index contributed by atoms with van der Waals surface area (Å²) in [5.74, 6) is 0. The molecular weight excluding hydrogens is 299 g/mol. The van der Waals surface area contributed by atoms with Gasteiger partial charge in [-0.1, -0.05) is 109 Å². The minimum Gasteiger partial charge on any atom is -0.0966 e. The van der Waals surface area contributed by atoms with Crippen LogP contribution in [0.4, 0.5) is 0 Å². The van der Waals surface area contributed by atoms with Crippen molar-refractivity contribution in [1.29, 1.82) is 0 Å². The molecule has 25 heavy (non-hydrogen) atoms. The largest absolute Gasteiger partial charge is 0.113 e. The van der Waals surface area contributed by atoms with Crippen LogP contribution in [0.2, 0.25) is 0 Å². The fourth-order valence-corrected chi connectivity index (χ4v) is 3.02. The third-order valence-corrected chi connectivity index (χ3v) is 4.45. The SMILES string of the molecule is [B]c1ccc(-c2ccc(-c3ccc(-c4ccccc4)cc3)cc2)cc1. The zero-order valence-corrected chi connectivity index (χ0v) is 13.9. The molecule has 0 spiro atoms. The van der Waals surface area contributed by atoms with Crippen molar-refractivity contribution in [3.63, 3.8) is 0 Å². The second-order valence-corrected chi connectivity index (χ2v) is 6.14. The molecule has 4 aromatic rings. The predicted octanol–water partition coefficient (Wildman–Crippen LogP) is 5.48. The van der Waals surface area contributed by atoms with Gasteiger partial charge in [-0.3, -0.25) is 0 Å². The van der Waals surface area contributed by atoms with Crippen LogP contribution >= 0.6 is 0 Å². The molecule has 0 amide bonds. The second-order valence-electron chi connectivity index (χ2n) is 6.14. The number of hydrogen-bond donors (Lipinski definition) is 0. The first-order chi connectivity index (χ1) is 12.3. The average molecular weight is 316 g/mol. The van der Waals surface area contributed by atoms with E-state index in [1.54, 1.807) is 0 Å². The molecule has 2 radical (unpaired) electrons. The van der Waals surface area contributed by atoms with Gasteiger partial charge in [-0.25, -0.2) is 0 Å². The Hall–Kier alpha value is -3.06. The van der Waals surface area contributed by atoms with Crippen LogP contribution in [0, 0.1) is 0 Å². The maximum atomic E-state index is 5.76. The van der Waals surface area contributed by atoms with Gasteiger partial charge in [0.05, 0.1) is 0 Å². The molecule has 0 aliphatic carbocycles. The molecule has 0 unspecified atom stereocenters. The lowest BCUT2D eigenvalue weighted by molar-refractivity contribution is 1.58. The van der Waals surface area contributed by atoms with Gasteiger partial charge in [0.25, 0.3) is 0 Å². The molecule has 0 aliphatic rings. The van der Waals surface area contributed by atoms with E-state index in [9.17, 15) is 0 Å². The van der Waals surface area contributed by atoms with E-state index in [2.05, 4.69) is 84.9 Å². The van der Waals surface area contributed by atoms with Crippen LogP contribution in [0.3, 0.4) is 0 Å². The summed E-state index contributed by atoms with van der Waals surface area (Å²) in [6.45, 7) is 0. The van der Waals surface area contributed by atoms with Crippen molar-refractivity contribution in [2.24, 2.45) is 0 Å². The molecule has 0 heterocycles. The molecule has 0 bridgehead atoms. The third-order valence-electron chi connectivity index (χ3n) is 4.45. The molecule has 116 valence electrons. The topological polar surface area (TPSA) is 0 Å². The number of benzene rings is 4. The van der Waals surface area contributed by atoms with Crippen molar-refractivity contribution in [3.05, 3.63) is 103 Å². The summed E-state index contributed by atoms with van der Waals surface area (Å²) in [5, 5.41) is 0. The Kier molecular flexibility index (Phi) is 4.22. The van der Waals surface area contributed by atoms with Crippen LogP contribution < -0.4 is 5.46 Å². The van der Waals surface area contributed by atoms with Gasteiger partial charge < -0.3 is 0 Å². The lowest BCUT2D eigenvalue weighted by Gasteiger charge is -2.07. The van der Waals surface area contributed by atoms with E-state index in [4.69, 9.17) is 7.85 Å². The van der Waals surface area contributed by atoms with Crippen LogP contribution in [-0.2, 0) is 0 Å². The van der Waals surface area contributed by atoms with Crippen molar-refractivity contribution < 1.29 is 0 Å². The van der Waals surface area contributed by atoms with Gasteiger partial charge in [-0.05, 0) is 33.4 Å². The molecule has 0 saturated heterocycles. The lowest BCUT2D eigenvalue weighted by atomic mass is 9.93. The lowest BCUT2D eigenvalue weighted by Crippen LogP contribution is -1.99. The van der Waals surface area contributed by atoms with E-state index in [-0.39, 0.29) is 0 Å². The van der Waals surface area contributed by atoms with E-state index in [0.29, 0.717) is 0 Å². The van der Waals surface area contributed by atoms with Crippen LogP contribution in [0.25, 0.3) is 33.4 Å². The van der Waals surface area contributed by atoms with Crippen molar-refractivity contribution >= 4 is 13.3 Å². The summed E-state index contributed by atoms with van der Waals surface area (Å²) >= 11 is 0. The highest BCUT2D eigenvalue weighted by Crippen LogP contribution is 2.27. The summed E-state index contributed by atoms with van der Waals surface area (Å²) in [7, 11) is 5.76. The zero-order valence-electron chi connectivity index (χ0n) is 13.9. The van der Waals surface area contributed by atoms with Crippen molar-refractivity contribution in [2.75, 3.05) is 0 Å². The van der Waals surface area contributed by atoms with E-state index < -0.39 is 0 Å². The quantitative estimate of drug-likeness (QED) is 0.439. The first-order valence-corrected chi connectivity index (χ1v) is 8.41. The normalized spacial score (nSPS) is 10.6. The van der Waals surface area contributed by atoms with Crippen molar-refractivity contribution in [2.45, 2.75) is 0 Å². The Balaban J connectivity index is 1.59. The molecule has 0 saturated carbocycles. The fraction of sp³-hybridized carbons (Fsp3) is 0. The maximum Gasteiger partial charge on any atom is 0.113 e. The Morgan fingerprint density at radius 1 is 0.320 bits per heavy atom. The number of hydrogen-bond acceptors (Lipinski definition) is 0. The molecule has 4 rings (SSSR count). The van der Waals surface area contributed by atoms with E-state index >= 15 is 0 Å². The number of rotatable bonds is 3. The van der Waals surface area contributed by atoms with Gasteiger partial charge in [0, 0.05) is 0 Å². The maximum absolute atomic E-state index is 5.76. The van der Waals surface area contributed by atoms with Crippen molar-refractivity contribution in [1.82, 2.24) is 0 Å². The Bertz CT molecular complexity index is 951. The smallest absolute Gasteiger partial charge is 0.0966 e. The van der Waals surface area contributed by atoms with Crippen LogP contribution in [0.5, 0.6) is 0 Å². The van der Waals surface area contributed by atoms with Crippen LogP contribution in [0.1, 0.15) is 0 Å². The highest BCUT2D eigenvalue weighted by molar-refractivity contribution is 6.32. The van der Waals surface area contributed by atoms with Gasteiger partial charge in [0.1, 0.15) is 7.85 Å². The van der Waals surface area contributed by atoms with Gasteiger partial charge >= 0.3 is 0 Å². The minimum atomic E-state index is 0.791. The highest BCUT2D eigenvalue weighted by atomic mass is 14.1. The molecule has 0 fully saturated rings. The van der Waals surface area contributed by atoms with E-state index in [1.807, 2.05) is 18.2 Å². The molecular formula is C24H17B. The molecule has 0 aliphatic heterocycles. The standard InChI is InChI=1S/C24H17B/c25-24-16-14-23(15-17-24)22-12-10-21(11-13-22)20-8-6-19(7-9-20)18-4-2-1-3-5-18/h1-17H. The fourth-order valence-electron chi connectivity index (χ4n) is 3.02. The van der Waals surface area contributed by atoms with Crippen molar-refractivity contribution in [3.8, 4) is 33.4 Å². The van der Waals surface area contributed by atoms with Gasteiger partial charge in [-0.15, -0.1) is 0 Å². The van der Waals surface area contributed by atoms with E-state index in [0.717, 1.165) is 5.46 Å². The summed E-state index contributed by atoms with van der Waals surface area (Å²) in [4.78, 5) is 0. The summed E-state index contributed by atoms with van der Waals surface area (Å²) < 4.78 is 0. The average Bonchev–Trinajstić information content (AvgIpc) is 2.70. The molecule has 0 aromatic heterocycles. The Morgan fingerprint density at radius 2 is 0.600 bits per heavy atom. The van der Waals surface area contributed by atoms with Gasteiger partial charge in [0.15, 0.2) is 0 Å². The Morgan fingerprint density at radius 3 is 0.960 bits per heavy atom. The highest BCUT2D eigenvalue weighted by Gasteiger charge is 2.02. The second kappa shape index (κ2) is 6.82. The summed E-state index contributed by atoms with van der Waals surface area (Å²) in [6.07, 6.45) is 0. The van der Waals surface area contributed by atoms with Crippen LogP contribution in [-0.4, -0.2) is 7.85 Å². The predicted molar refractivity (Wildman–Crippen MR) is 108 cm³/mol.